The Labute approximate surface area is 200 Å². The lowest BCUT2D eigenvalue weighted by atomic mass is 10.2. The number of halogens is 1. The van der Waals surface area contributed by atoms with Crippen LogP contribution in [0.15, 0.2) is 53.4 Å². The molecule has 0 aliphatic carbocycles. The number of nitrogens with zero attached hydrogens (tertiary/aromatic N) is 2. The summed E-state index contributed by atoms with van der Waals surface area (Å²) in [6.45, 7) is 6.37. The van der Waals surface area contributed by atoms with Crippen molar-refractivity contribution < 1.29 is 18.0 Å². The van der Waals surface area contributed by atoms with E-state index >= 15 is 0 Å². The summed E-state index contributed by atoms with van der Waals surface area (Å²) >= 11 is 5.95. The zero-order valence-electron chi connectivity index (χ0n) is 18.8. The Kier molecular flexibility index (Phi) is 8.47. The highest BCUT2D eigenvalue weighted by molar-refractivity contribution is 7.89. The van der Waals surface area contributed by atoms with Crippen molar-refractivity contribution in [3.63, 3.8) is 0 Å². The van der Waals surface area contributed by atoms with Gasteiger partial charge in [-0.25, -0.2) is 8.42 Å². The summed E-state index contributed by atoms with van der Waals surface area (Å²) in [5, 5.41) is 3.29. The zero-order valence-corrected chi connectivity index (χ0v) is 20.3. The fraction of sp³-hybridized carbons (Fsp3) is 0.391. The van der Waals surface area contributed by atoms with Crippen LogP contribution in [-0.4, -0.2) is 62.3 Å². The first-order chi connectivity index (χ1) is 15.6. The number of hydrogen-bond acceptors (Lipinski definition) is 5. The molecule has 0 bridgehead atoms. The molecule has 2 aromatic carbocycles. The van der Waals surface area contributed by atoms with Gasteiger partial charge in [0.1, 0.15) is 0 Å². The number of carbonyl (C=O) groups excluding carboxylic acids is 2. The molecule has 0 unspecified atom stereocenters. The number of benzene rings is 2. The first-order valence-electron chi connectivity index (χ1n) is 10.8. The largest absolute Gasteiger partial charge is 0.340 e. The van der Waals surface area contributed by atoms with Crippen LogP contribution in [-0.2, 0) is 26.2 Å². The van der Waals surface area contributed by atoms with Crippen LogP contribution in [0.25, 0.3) is 0 Å². The Hall–Kier alpha value is -2.46. The fourth-order valence-corrected chi connectivity index (χ4v) is 5.07. The van der Waals surface area contributed by atoms with Crippen molar-refractivity contribution in [1.29, 1.82) is 0 Å². The monoisotopic (exact) mass is 492 g/mol. The Bertz CT molecular complexity index is 1070. The summed E-state index contributed by atoms with van der Waals surface area (Å²) in [6, 6.07) is 12.6. The van der Waals surface area contributed by atoms with E-state index in [0.717, 1.165) is 25.1 Å². The number of hydrogen-bond donors (Lipinski definition) is 2. The number of sulfonamides is 1. The molecule has 0 aromatic heterocycles. The van der Waals surface area contributed by atoms with Gasteiger partial charge in [-0.2, -0.15) is 4.72 Å². The molecule has 178 valence electrons. The summed E-state index contributed by atoms with van der Waals surface area (Å²) in [4.78, 5) is 28.1. The van der Waals surface area contributed by atoms with Gasteiger partial charge in [-0.3, -0.25) is 14.5 Å². The average Bonchev–Trinajstić information content (AvgIpc) is 3.00. The van der Waals surface area contributed by atoms with Gasteiger partial charge in [-0.15, -0.1) is 0 Å². The topological polar surface area (TPSA) is 98.8 Å². The zero-order chi connectivity index (χ0) is 24.0. The van der Waals surface area contributed by atoms with Gasteiger partial charge in [0.05, 0.1) is 10.9 Å². The minimum Gasteiger partial charge on any atom is -0.340 e. The molecular formula is C23H29ClN4O4S. The molecule has 0 spiro atoms. The molecule has 1 fully saturated rings. The van der Waals surface area contributed by atoms with E-state index in [1.165, 1.54) is 31.2 Å². The molecule has 3 rings (SSSR count). The van der Waals surface area contributed by atoms with E-state index in [0.29, 0.717) is 30.3 Å². The normalized spacial score (nSPS) is 16.2. The van der Waals surface area contributed by atoms with Crippen molar-refractivity contribution >= 4 is 39.1 Å². The molecule has 1 atom stereocenters. The van der Waals surface area contributed by atoms with Gasteiger partial charge in [0.15, 0.2) is 0 Å². The van der Waals surface area contributed by atoms with Crippen LogP contribution in [0.2, 0.25) is 5.02 Å². The van der Waals surface area contributed by atoms with Crippen molar-refractivity contribution in [1.82, 2.24) is 14.5 Å². The summed E-state index contributed by atoms with van der Waals surface area (Å²) in [5.74, 6) is -0.492. The van der Waals surface area contributed by atoms with Gasteiger partial charge < -0.3 is 10.2 Å². The molecule has 33 heavy (non-hydrogen) atoms. The van der Waals surface area contributed by atoms with E-state index < -0.39 is 16.1 Å². The molecule has 2 amide bonds. The third-order valence-electron chi connectivity index (χ3n) is 5.41. The molecule has 1 heterocycles. The Balaban J connectivity index is 1.56. The standard InChI is InChI=1S/C23H29ClN4O4S/c1-17(26-33(31,32)22-10-8-21(9-11-22)25-18(2)29)23(30)28-13-3-12-27(14-15-28)16-19-4-6-20(24)7-5-19/h4-11,17,26H,3,12-16H2,1-2H3,(H,25,29)/t17-/m0/s1. The van der Waals surface area contributed by atoms with Crippen molar-refractivity contribution in [3.8, 4) is 0 Å². The third kappa shape index (κ3) is 7.26. The van der Waals surface area contributed by atoms with Crippen molar-refractivity contribution in [3.05, 3.63) is 59.1 Å². The second-order valence-corrected chi connectivity index (χ2v) is 10.3. The van der Waals surface area contributed by atoms with E-state index in [2.05, 4.69) is 14.9 Å². The second-order valence-electron chi connectivity index (χ2n) is 8.13. The van der Waals surface area contributed by atoms with Crippen LogP contribution in [0.5, 0.6) is 0 Å². The second kappa shape index (κ2) is 11.1. The first kappa shape index (κ1) is 25.2. The Morgan fingerprint density at radius 2 is 1.67 bits per heavy atom. The summed E-state index contributed by atoms with van der Waals surface area (Å²) in [7, 11) is -3.88. The maximum atomic E-state index is 13.0. The molecule has 1 saturated heterocycles. The summed E-state index contributed by atoms with van der Waals surface area (Å²) < 4.78 is 27.9. The minimum absolute atomic E-state index is 0.0289. The molecule has 0 radical (unpaired) electrons. The highest BCUT2D eigenvalue weighted by Gasteiger charge is 2.27. The first-order valence-corrected chi connectivity index (χ1v) is 12.7. The number of nitrogens with one attached hydrogen (secondary N) is 2. The Morgan fingerprint density at radius 1 is 1.00 bits per heavy atom. The number of anilines is 1. The highest BCUT2D eigenvalue weighted by Crippen LogP contribution is 2.16. The van der Waals surface area contributed by atoms with Crippen LogP contribution in [0.3, 0.4) is 0 Å². The van der Waals surface area contributed by atoms with Gasteiger partial charge in [0.25, 0.3) is 0 Å². The fourth-order valence-electron chi connectivity index (χ4n) is 3.74. The molecule has 1 aliphatic rings. The average molecular weight is 493 g/mol. The maximum Gasteiger partial charge on any atom is 0.241 e. The molecule has 2 N–H and O–H groups in total. The van der Waals surface area contributed by atoms with Crippen molar-refractivity contribution in [2.45, 2.75) is 37.8 Å². The van der Waals surface area contributed by atoms with Gasteiger partial charge in [-0.1, -0.05) is 23.7 Å². The highest BCUT2D eigenvalue weighted by atomic mass is 35.5. The summed E-state index contributed by atoms with van der Waals surface area (Å²) in [5.41, 5.74) is 1.66. The lowest BCUT2D eigenvalue weighted by Crippen LogP contribution is -2.47. The van der Waals surface area contributed by atoms with E-state index in [-0.39, 0.29) is 16.7 Å². The molecule has 10 heteroatoms. The van der Waals surface area contributed by atoms with Gasteiger partial charge in [-0.05, 0) is 55.3 Å². The Morgan fingerprint density at radius 3 is 2.30 bits per heavy atom. The molecule has 1 aliphatic heterocycles. The van der Waals surface area contributed by atoms with E-state index in [1.807, 2.05) is 24.3 Å². The molecule has 0 saturated carbocycles. The van der Waals surface area contributed by atoms with Gasteiger partial charge in [0, 0.05) is 50.4 Å². The van der Waals surface area contributed by atoms with Crippen LogP contribution >= 0.6 is 11.6 Å². The maximum absolute atomic E-state index is 13.0. The predicted molar refractivity (Wildman–Crippen MR) is 128 cm³/mol. The summed E-state index contributed by atoms with van der Waals surface area (Å²) in [6.07, 6.45) is 0.809. The van der Waals surface area contributed by atoms with E-state index in [4.69, 9.17) is 11.6 Å². The van der Waals surface area contributed by atoms with Crippen LogP contribution in [0.1, 0.15) is 25.8 Å². The minimum atomic E-state index is -3.88. The number of rotatable bonds is 7. The quantitative estimate of drug-likeness (QED) is 0.619. The number of amides is 2. The van der Waals surface area contributed by atoms with Crippen LogP contribution in [0, 0.1) is 0 Å². The van der Waals surface area contributed by atoms with E-state index in [1.54, 1.807) is 11.8 Å². The lowest BCUT2D eigenvalue weighted by Gasteiger charge is -2.25. The van der Waals surface area contributed by atoms with Crippen LogP contribution < -0.4 is 10.0 Å². The lowest BCUT2D eigenvalue weighted by molar-refractivity contribution is -0.132. The predicted octanol–water partition coefficient (Wildman–Crippen LogP) is 2.70. The third-order valence-corrected chi connectivity index (χ3v) is 7.22. The van der Waals surface area contributed by atoms with Gasteiger partial charge >= 0.3 is 0 Å². The van der Waals surface area contributed by atoms with Crippen LogP contribution in [0.4, 0.5) is 5.69 Å². The van der Waals surface area contributed by atoms with Crippen molar-refractivity contribution in [2.75, 3.05) is 31.5 Å². The molecular weight excluding hydrogens is 464 g/mol. The molecule has 8 nitrogen and oxygen atoms in total. The number of carbonyl (C=O) groups is 2. The van der Waals surface area contributed by atoms with E-state index in [9.17, 15) is 18.0 Å². The van der Waals surface area contributed by atoms with Crippen molar-refractivity contribution in [2.24, 2.45) is 0 Å². The van der Waals surface area contributed by atoms with Gasteiger partial charge in [0.2, 0.25) is 21.8 Å². The molecule has 2 aromatic rings. The smallest absolute Gasteiger partial charge is 0.241 e. The SMILES string of the molecule is CC(=O)Nc1ccc(S(=O)(=O)N[C@@H](C)C(=O)N2CCCN(Cc3ccc(Cl)cc3)CC2)cc1.